The zero-order valence-corrected chi connectivity index (χ0v) is 11.0. The summed E-state index contributed by atoms with van der Waals surface area (Å²) in [6.07, 6.45) is 0.590. The van der Waals surface area contributed by atoms with Crippen molar-refractivity contribution in [1.82, 2.24) is 0 Å². The molecule has 0 saturated carbocycles. The first-order valence-electron chi connectivity index (χ1n) is 6.09. The van der Waals surface area contributed by atoms with Crippen LogP contribution in [0.5, 0.6) is 5.75 Å². The molecule has 3 heteroatoms. The molecule has 2 aromatic carbocycles. The van der Waals surface area contributed by atoms with E-state index in [0.29, 0.717) is 11.9 Å². The summed E-state index contributed by atoms with van der Waals surface area (Å²) >= 11 is 0. The molecule has 2 aromatic rings. The van der Waals surface area contributed by atoms with E-state index >= 15 is 0 Å². The monoisotopic (exact) mass is 263 g/mol. The van der Waals surface area contributed by atoms with Crippen molar-refractivity contribution >= 4 is 11.9 Å². The first-order valence-corrected chi connectivity index (χ1v) is 6.09. The van der Waals surface area contributed by atoms with Crippen LogP contribution in [-0.4, -0.2) is 13.4 Å². The average Bonchev–Trinajstić information content (AvgIpc) is 2.53. The number of nitrogens with zero attached hydrogens (tertiary/aromatic N) is 1. The minimum absolute atomic E-state index is 0.112. The van der Waals surface area contributed by atoms with E-state index in [1.165, 1.54) is 0 Å². The van der Waals surface area contributed by atoms with Gasteiger partial charge in [-0.2, -0.15) is 5.26 Å². The van der Waals surface area contributed by atoms with Gasteiger partial charge in [-0.05, 0) is 23.3 Å². The van der Waals surface area contributed by atoms with Crippen molar-refractivity contribution in [3.05, 3.63) is 71.3 Å². The molecule has 0 aliphatic heterocycles. The molecule has 0 aliphatic carbocycles. The molecule has 0 atom stereocenters. The lowest BCUT2D eigenvalue weighted by Gasteiger charge is -2.09. The van der Waals surface area contributed by atoms with Gasteiger partial charge in [0.2, 0.25) is 0 Å². The number of allylic oxidation sites excluding steroid dienone is 1. The number of hydrogen-bond donors (Lipinski definition) is 0. The van der Waals surface area contributed by atoms with E-state index in [4.69, 9.17) is 10.00 Å². The summed E-state index contributed by atoms with van der Waals surface area (Å²) in [7, 11) is 1.59. The van der Waals surface area contributed by atoms with Gasteiger partial charge in [-0.15, -0.1) is 0 Å². The molecule has 0 spiro atoms. The number of carbonyl (C=O) groups excluding carboxylic acids is 1. The smallest absolute Gasteiger partial charge is 0.161 e. The van der Waals surface area contributed by atoms with E-state index in [1.54, 1.807) is 19.2 Å². The minimum atomic E-state index is 0.112. The summed E-state index contributed by atoms with van der Waals surface area (Å²) in [6, 6.07) is 18.6. The maximum atomic E-state index is 11.1. The second-order valence-corrected chi connectivity index (χ2v) is 4.11. The summed E-state index contributed by atoms with van der Waals surface area (Å²) in [5, 5.41) is 9.16. The first-order chi connectivity index (χ1) is 9.80. The van der Waals surface area contributed by atoms with Gasteiger partial charge < -0.3 is 4.74 Å². The standard InChI is InChI=1S/C17H13NO2/c1-20-16-9-7-14(8-10-16)17(15(11-18)12-19)13-5-3-2-4-6-13/h2-10,12H,1H3/b17-15+. The van der Waals surface area contributed by atoms with Crippen molar-refractivity contribution < 1.29 is 9.53 Å². The van der Waals surface area contributed by atoms with Crippen molar-refractivity contribution in [2.75, 3.05) is 7.11 Å². The minimum Gasteiger partial charge on any atom is -0.497 e. The Hall–Kier alpha value is -2.86. The normalized spacial score (nSPS) is 11.2. The van der Waals surface area contributed by atoms with Crippen LogP contribution in [-0.2, 0) is 4.79 Å². The molecule has 0 aromatic heterocycles. The number of carbonyl (C=O) groups is 1. The topological polar surface area (TPSA) is 50.1 Å². The third kappa shape index (κ3) is 2.76. The van der Waals surface area contributed by atoms with Crippen molar-refractivity contribution in [1.29, 1.82) is 5.26 Å². The SMILES string of the molecule is COc1ccc(/C(=C(\C#N)C=O)c2ccccc2)cc1. The van der Waals surface area contributed by atoms with Crippen LogP contribution in [0.25, 0.3) is 5.57 Å². The number of methoxy groups -OCH3 is 1. The van der Waals surface area contributed by atoms with Gasteiger partial charge in [0.1, 0.15) is 17.4 Å². The molecule has 0 heterocycles. The number of rotatable bonds is 4. The van der Waals surface area contributed by atoms with Gasteiger partial charge in [-0.1, -0.05) is 42.5 Å². The molecule has 98 valence electrons. The summed E-state index contributed by atoms with van der Waals surface area (Å²) in [5.41, 5.74) is 2.38. The molecule has 0 fully saturated rings. The van der Waals surface area contributed by atoms with Gasteiger partial charge in [-0.3, -0.25) is 4.79 Å². The van der Waals surface area contributed by atoms with E-state index in [9.17, 15) is 4.79 Å². The van der Waals surface area contributed by atoms with E-state index in [2.05, 4.69) is 0 Å². The van der Waals surface area contributed by atoms with Gasteiger partial charge >= 0.3 is 0 Å². The quantitative estimate of drug-likeness (QED) is 0.483. The van der Waals surface area contributed by atoms with Gasteiger partial charge in [0.05, 0.1) is 7.11 Å². The second-order valence-electron chi connectivity index (χ2n) is 4.11. The van der Waals surface area contributed by atoms with Crippen LogP contribution >= 0.6 is 0 Å². The molecule has 0 N–H and O–H groups in total. The Labute approximate surface area is 117 Å². The molecule has 0 aliphatic rings. The Morgan fingerprint density at radius 2 is 1.65 bits per heavy atom. The molecule has 2 rings (SSSR count). The molecule has 20 heavy (non-hydrogen) atoms. The summed E-state index contributed by atoms with van der Waals surface area (Å²) in [4.78, 5) is 11.1. The molecular formula is C17H13NO2. The highest BCUT2D eigenvalue weighted by atomic mass is 16.5. The van der Waals surface area contributed by atoms with Crippen molar-refractivity contribution in [2.45, 2.75) is 0 Å². The van der Waals surface area contributed by atoms with Crippen LogP contribution in [0, 0.1) is 11.3 Å². The lowest BCUT2D eigenvalue weighted by molar-refractivity contribution is -0.104. The van der Waals surface area contributed by atoms with Crippen LogP contribution in [0.15, 0.2) is 60.2 Å². The van der Waals surface area contributed by atoms with Gasteiger partial charge in [-0.25, -0.2) is 0 Å². The van der Waals surface area contributed by atoms with Crippen LogP contribution in [0.4, 0.5) is 0 Å². The third-order valence-electron chi connectivity index (χ3n) is 2.95. The Morgan fingerprint density at radius 3 is 2.15 bits per heavy atom. The summed E-state index contributed by atoms with van der Waals surface area (Å²) < 4.78 is 5.12. The molecule has 0 radical (unpaired) electrons. The fourth-order valence-electron chi connectivity index (χ4n) is 1.98. The van der Waals surface area contributed by atoms with Crippen molar-refractivity contribution in [3.8, 4) is 11.8 Å². The number of hydrogen-bond acceptors (Lipinski definition) is 3. The molecule has 3 nitrogen and oxygen atoms in total. The molecule has 0 saturated heterocycles. The second kappa shape index (κ2) is 6.35. The van der Waals surface area contributed by atoms with Gasteiger partial charge in [0.25, 0.3) is 0 Å². The Bertz CT molecular complexity index is 664. The maximum absolute atomic E-state index is 11.1. The predicted molar refractivity (Wildman–Crippen MR) is 77.1 cm³/mol. The lowest BCUT2D eigenvalue weighted by Crippen LogP contribution is -1.95. The third-order valence-corrected chi connectivity index (χ3v) is 2.95. The average molecular weight is 263 g/mol. The number of aldehydes is 1. The number of ether oxygens (including phenoxy) is 1. The predicted octanol–water partition coefficient (Wildman–Crippen LogP) is 3.22. The zero-order chi connectivity index (χ0) is 14.4. The number of nitriles is 1. The molecule has 0 unspecified atom stereocenters. The largest absolute Gasteiger partial charge is 0.497 e. The molecular weight excluding hydrogens is 250 g/mol. The van der Waals surface area contributed by atoms with Crippen LogP contribution < -0.4 is 4.74 Å². The zero-order valence-electron chi connectivity index (χ0n) is 11.0. The molecule has 0 bridgehead atoms. The highest BCUT2D eigenvalue weighted by molar-refractivity contribution is 5.98. The van der Waals surface area contributed by atoms with Crippen LogP contribution in [0.2, 0.25) is 0 Å². The Kier molecular flexibility index (Phi) is 4.31. The van der Waals surface area contributed by atoms with E-state index < -0.39 is 0 Å². The van der Waals surface area contributed by atoms with Crippen LogP contribution in [0.1, 0.15) is 11.1 Å². The van der Waals surface area contributed by atoms with E-state index in [-0.39, 0.29) is 5.57 Å². The highest BCUT2D eigenvalue weighted by Crippen LogP contribution is 2.27. The van der Waals surface area contributed by atoms with E-state index in [1.807, 2.05) is 48.5 Å². The summed E-state index contributed by atoms with van der Waals surface area (Å²) in [6.45, 7) is 0. The van der Waals surface area contributed by atoms with Crippen molar-refractivity contribution in [2.24, 2.45) is 0 Å². The number of benzene rings is 2. The van der Waals surface area contributed by atoms with E-state index in [0.717, 1.165) is 16.9 Å². The van der Waals surface area contributed by atoms with Gasteiger partial charge in [0, 0.05) is 5.57 Å². The fourth-order valence-corrected chi connectivity index (χ4v) is 1.98. The first kappa shape index (κ1) is 13.6. The Balaban J connectivity index is 2.61. The summed E-state index contributed by atoms with van der Waals surface area (Å²) in [5.74, 6) is 0.728. The molecule has 0 amide bonds. The van der Waals surface area contributed by atoms with Crippen LogP contribution in [0.3, 0.4) is 0 Å². The van der Waals surface area contributed by atoms with Crippen molar-refractivity contribution in [3.63, 3.8) is 0 Å². The Morgan fingerprint density at radius 1 is 1.05 bits per heavy atom. The van der Waals surface area contributed by atoms with Gasteiger partial charge in [0.15, 0.2) is 6.29 Å². The maximum Gasteiger partial charge on any atom is 0.161 e. The fraction of sp³-hybridized carbons (Fsp3) is 0.0588. The highest BCUT2D eigenvalue weighted by Gasteiger charge is 2.11. The lowest BCUT2D eigenvalue weighted by atomic mass is 9.94.